The second-order valence-corrected chi connectivity index (χ2v) is 7.86. The molecule has 3 aromatic rings. The topological polar surface area (TPSA) is 60.5 Å². The van der Waals surface area contributed by atoms with Crippen molar-refractivity contribution in [3.8, 4) is 17.2 Å². The molecule has 0 bridgehead atoms. The van der Waals surface area contributed by atoms with Crippen LogP contribution >= 0.6 is 11.3 Å². The van der Waals surface area contributed by atoms with Gasteiger partial charge in [0.05, 0.1) is 12.5 Å². The van der Waals surface area contributed by atoms with Crippen LogP contribution in [0.5, 0.6) is 17.2 Å². The van der Waals surface area contributed by atoms with E-state index in [1.54, 1.807) is 13.3 Å². The van der Waals surface area contributed by atoms with Crippen molar-refractivity contribution in [2.24, 2.45) is 5.41 Å². The molecule has 1 amide bonds. The summed E-state index contributed by atoms with van der Waals surface area (Å²) < 4.78 is 11.6. The third-order valence-electron chi connectivity index (χ3n) is 4.94. The van der Waals surface area contributed by atoms with Gasteiger partial charge in [-0.15, -0.1) is 11.3 Å². The number of fused-ring (bicyclic) bond motifs is 2. The molecular weight excluding hydrogens is 384 g/mol. The van der Waals surface area contributed by atoms with Gasteiger partial charge in [0, 0.05) is 28.6 Å². The molecule has 1 aromatic heterocycles. The monoisotopic (exact) mass is 410 g/mol. The number of nitrogens with zero attached hydrogens (tertiary/aromatic N) is 1. The van der Waals surface area contributed by atoms with E-state index in [0.29, 0.717) is 16.6 Å². The van der Waals surface area contributed by atoms with Crippen LogP contribution in [0.1, 0.15) is 44.7 Å². The number of carbonyl (C=O) groups is 1. The summed E-state index contributed by atoms with van der Waals surface area (Å²) in [6.45, 7) is 7.90. The normalized spacial score (nSPS) is 14.4. The maximum absolute atomic E-state index is 13.2. The first-order valence-corrected chi connectivity index (χ1v) is 10.5. The summed E-state index contributed by atoms with van der Waals surface area (Å²) in [6, 6.07) is 13.6. The summed E-state index contributed by atoms with van der Waals surface area (Å²) in [5.74, 6) is 1.79. The van der Waals surface area contributed by atoms with Gasteiger partial charge in [-0.3, -0.25) is 4.79 Å². The lowest BCUT2D eigenvalue weighted by atomic mass is 9.69. The standard InChI is InChI=1S/C21H20N2O3S.C2H6/c1-21(2,19(24)23-20-22-11-12-27-20)17-13-7-4-5-9-15(13)26-18-14(17)8-6-10-16(18)25-3;1-2/h4-12,17H,1-3H3,(H,22,23,24);1-2H3. The van der Waals surface area contributed by atoms with Crippen molar-refractivity contribution in [2.45, 2.75) is 33.6 Å². The molecule has 0 radical (unpaired) electrons. The van der Waals surface area contributed by atoms with Gasteiger partial charge in [0.25, 0.3) is 0 Å². The molecule has 0 fully saturated rings. The lowest BCUT2D eigenvalue weighted by molar-refractivity contribution is -0.124. The van der Waals surface area contributed by atoms with E-state index in [2.05, 4.69) is 10.3 Å². The first-order chi connectivity index (χ1) is 14.0. The molecule has 5 nitrogen and oxygen atoms in total. The Balaban J connectivity index is 0.00000117. The number of anilines is 1. The molecule has 1 aliphatic heterocycles. The van der Waals surface area contributed by atoms with Crippen LogP contribution in [0.25, 0.3) is 0 Å². The first kappa shape index (κ1) is 20.9. The Bertz CT molecular complexity index is 984. The van der Waals surface area contributed by atoms with Crippen LogP contribution in [0.4, 0.5) is 5.13 Å². The van der Waals surface area contributed by atoms with Crippen molar-refractivity contribution < 1.29 is 14.3 Å². The number of hydrogen-bond donors (Lipinski definition) is 1. The lowest BCUT2D eigenvalue weighted by Gasteiger charge is -2.38. The van der Waals surface area contributed by atoms with Gasteiger partial charge in [-0.05, 0) is 12.1 Å². The number of aromatic nitrogens is 1. The third-order valence-corrected chi connectivity index (χ3v) is 5.63. The van der Waals surface area contributed by atoms with E-state index in [9.17, 15) is 4.79 Å². The van der Waals surface area contributed by atoms with Crippen molar-refractivity contribution in [1.29, 1.82) is 0 Å². The second kappa shape index (κ2) is 8.66. The number of amides is 1. The van der Waals surface area contributed by atoms with E-state index in [1.807, 2.05) is 75.5 Å². The zero-order valence-electron chi connectivity index (χ0n) is 17.4. The van der Waals surface area contributed by atoms with Crippen LogP contribution in [0.15, 0.2) is 54.0 Å². The molecule has 0 aliphatic carbocycles. The van der Waals surface area contributed by atoms with Gasteiger partial charge in [-0.1, -0.05) is 58.0 Å². The van der Waals surface area contributed by atoms with E-state index in [0.717, 1.165) is 16.9 Å². The molecule has 4 rings (SSSR count). The summed E-state index contributed by atoms with van der Waals surface area (Å²) >= 11 is 1.40. The first-order valence-electron chi connectivity index (χ1n) is 9.67. The van der Waals surface area contributed by atoms with Crippen LogP contribution in [0.3, 0.4) is 0 Å². The van der Waals surface area contributed by atoms with E-state index >= 15 is 0 Å². The Labute approximate surface area is 175 Å². The summed E-state index contributed by atoms with van der Waals surface area (Å²) in [5.41, 5.74) is 1.18. The Morgan fingerprint density at radius 3 is 2.55 bits per heavy atom. The Kier molecular flexibility index (Phi) is 6.23. The van der Waals surface area contributed by atoms with Gasteiger partial charge in [-0.25, -0.2) is 4.98 Å². The molecule has 1 aliphatic rings. The number of methoxy groups -OCH3 is 1. The van der Waals surface area contributed by atoms with Crippen molar-refractivity contribution in [3.63, 3.8) is 0 Å². The quantitative estimate of drug-likeness (QED) is 0.566. The molecule has 6 heteroatoms. The highest BCUT2D eigenvalue weighted by Crippen LogP contribution is 2.54. The minimum atomic E-state index is -0.743. The lowest BCUT2D eigenvalue weighted by Crippen LogP contribution is -2.38. The van der Waals surface area contributed by atoms with Gasteiger partial charge in [-0.2, -0.15) is 0 Å². The highest BCUT2D eigenvalue weighted by molar-refractivity contribution is 7.13. The van der Waals surface area contributed by atoms with Gasteiger partial charge >= 0.3 is 0 Å². The smallest absolute Gasteiger partial charge is 0.232 e. The molecule has 29 heavy (non-hydrogen) atoms. The number of nitrogens with one attached hydrogen (secondary N) is 1. The third kappa shape index (κ3) is 3.85. The largest absolute Gasteiger partial charge is 0.493 e. The minimum Gasteiger partial charge on any atom is -0.493 e. The SMILES string of the molecule is CC.COc1cccc2c1Oc1ccccc1C2C(C)(C)C(=O)Nc1nccs1. The molecule has 152 valence electrons. The predicted molar refractivity (Wildman–Crippen MR) is 117 cm³/mol. The molecule has 1 unspecified atom stereocenters. The summed E-state index contributed by atoms with van der Waals surface area (Å²) in [7, 11) is 1.62. The average Bonchev–Trinajstić information content (AvgIpc) is 3.25. The van der Waals surface area contributed by atoms with Crippen LogP contribution < -0.4 is 14.8 Å². The highest BCUT2D eigenvalue weighted by Gasteiger charge is 2.44. The molecular formula is C23H26N2O3S. The van der Waals surface area contributed by atoms with Crippen molar-refractivity contribution in [1.82, 2.24) is 4.98 Å². The predicted octanol–water partition coefficient (Wildman–Crippen LogP) is 6.08. The van der Waals surface area contributed by atoms with Gasteiger partial charge < -0.3 is 14.8 Å². The number of para-hydroxylation sites is 2. The molecule has 0 saturated heterocycles. The molecule has 1 atom stereocenters. The van der Waals surface area contributed by atoms with Gasteiger partial charge in [0.2, 0.25) is 5.91 Å². The fourth-order valence-electron chi connectivity index (χ4n) is 3.57. The number of hydrogen-bond acceptors (Lipinski definition) is 5. The Morgan fingerprint density at radius 1 is 1.14 bits per heavy atom. The zero-order valence-corrected chi connectivity index (χ0v) is 18.2. The van der Waals surface area contributed by atoms with Crippen LogP contribution in [0, 0.1) is 5.41 Å². The molecule has 2 heterocycles. The van der Waals surface area contributed by atoms with E-state index in [4.69, 9.17) is 9.47 Å². The zero-order chi connectivity index (χ0) is 21.0. The van der Waals surface area contributed by atoms with Crippen LogP contribution in [-0.4, -0.2) is 18.0 Å². The van der Waals surface area contributed by atoms with E-state index < -0.39 is 5.41 Å². The van der Waals surface area contributed by atoms with Crippen LogP contribution in [0.2, 0.25) is 0 Å². The van der Waals surface area contributed by atoms with Gasteiger partial charge in [0.15, 0.2) is 16.6 Å². The maximum Gasteiger partial charge on any atom is 0.232 e. The second-order valence-electron chi connectivity index (χ2n) is 6.96. The molecule has 0 spiro atoms. The highest BCUT2D eigenvalue weighted by atomic mass is 32.1. The number of rotatable bonds is 4. The average molecular weight is 411 g/mol. The Morgan fingerprint density at radius 2 is 1.86 bits per heavy atom. The number of benzene rings is 2. The molecule has 1 N–H and O–H groups in total. The Hall–Kier alpha value is -2.86. The number of carbonyl (C=O) groups excluding carboxylic acids is 1. The summed E-state index contributed by atoms with van der Waals surface area (Å²) in [4.78, 5) is 17.4. The van der Waals surface area contributed by atoms with Crippen molar-refractivity contribution in [3.05, 3.63) is 65.2 Å². The molecule has 0 saturated carbocycles. The van der Waals surface area contributed by atoms with Crippen molar-refractivity contribution in [2.75, 3.05) is 12.4 Å². The maximum atomic E-state index is 13.2. The molecule has 2 aromatic carbocycles. The van der Waals surface area contributed by atoms with E-state index in [1.165, 1.54) is 11.3 Å². The fraction of sp³-hybridized carbons (Fsp3) is 0.304. The number of ether oxygens (including phenoxy) is 2. The summed E-state index contributed by atoms with van der Waals surface area (Å²) in [5, 5.41) is 5.38. The minimum absolute atomic E-state index is 0.0899. The summed E-state index contributed by atoms with van der Waals surface area (Å²) in [6.07, 6.45) is 1.68. The van der Waals surface area contributed by atoms with Crippen molar-refractivity contribution >= 4 is 22.4 Å². The number of thiazole rings is 1. The fourth-order valence-corrected chi connectivity index (χ4v) is 4.10. The van der Waals surface area contributed by atoms with Gasteiger partial charge in [0.1, 0.15) is 5.75 Å². The van der Waals surface area contributed by atoms with E-state index in [-0.39, 0.29) is 11.8 Å². The van der Waals surface area contributed by atoms with Crippen LogP contribution in [-0.2, 0) is 4.79 Å².